The first-order valence-corrected chi connectivity index (χ1v) is 10.7. The van der Waals surface area contributed by atoms with Crippen molar-refractivity contribution in [1.82, 2.24) is 9.97 Å². The number of nitrogens with zero attached hydrogens (tertiary/aromatic N) is 2. The van der Waals surface area contributed by atoms with Gasteiger partial charge in [-0.05, 0) is 19.1 Å². The summed E-state index contributed by atoms with van der Waals surface area (Å²) >= 11 is 3.32. The lowest BCUT2D eigenvalue weighted by molar-refractivity contribution is -0.114. The third kappa shape index (κ3) is 5.29. The zero-order valence-electron chi connectivity index (χ0n) is 16.0. The number of hydrogen-bond acceptors (Lipinski definition) is 5. The summed E-state index contributed by atoms with van der Waals surface area (Å²) in [4.78, 5) is 20.7. The number of carbonyl (C=O) groups is 1. The number of amides is 1. The Morgan fingerprint density at radius 2 is 1.34 bits per heavy atom. The fourth-order valence-electron chi connectivity index (χ4n) is 2.83. The van der Waals surface area contributed by atoms with E-state index < -0.39 is 0 Å². The predicted molar refractivity (Wildman–Crippen MR) is 124 cm³/mol. The molecule has 0 aliphatic heterocycles. The summed E-state index contributed by atoms with van der Waals surface area (Å²) in [5.41, 5.74) is 6.19. The third-order valence-electron chi connectivity index (χ3n) is 4.25. The molecule has 2 heterocycles. The average molecular weight is 442 g/mol. The summed E-state index contributed by atoms with van der Waals surface area (Å²) in [6.07, 6.45) is 0.741. The maximum Gasteiger partial charge on any atom is 0.221 e. The fourth-order valence-corrected chi connectivity index (χ4v) is 4.54. The van der Waals surface area contributed by atoms with E-state index in [-0.39, 0.29) is 18.3 Å². The van der Waals surface area contributed by atoms with Crippen LogP contribution in [0.1, 0.15) is 22.5 Å². The van der Waals surface area contributed by atoms with Crippen molar-refractivity contribution in [3.8, 4) is 22.5 Å². The number of aryl methyl sites for hydroxylation is 1. The Bertz CT molecular complexity index is 1100. The summed E-state index contributed by atoms with van der Waals surface area (Å²) in [5.74, 6) is -0.0721. The molecule has 4 rings (SSSR count). The lowest BCUT2D eigenvalue weighted by Gasteiger charge is -2.02. The molecular weight excluding hydrogens is 422 g/mol. The van der Waals surface area contributed by atoms with E-state index in [2.05, 4.69) is 47.3 Å². The summed E-state index contributed by atoms with van der Waals surface area (Å²) in [6.45, 7) is 3.59. The minimum absolute atomic E-state index is 0. The topological polar surface area (TPSA) is 54.9 Å². The van der Waals surface area contributed by atoms with Crippen LogP contribution < -0.4 is 5.32 Å². The number of nitrogens with one attached hydrogen (secondary N) is 1. The van der Waals surface area contributed by atoms with Crippen LogP contribution in [-0.2, 0) is 11.2 Å². The number of anilines is 1. The molecule has 0 aliphatic carbocycles. The monoisotopic (exact) mass is 441 g/mol. The standard InChI is InChI=1S/C22H19N3OS2.ClH/c1-14-3-5-16(6-4-14)19-12-27-21(24-19)11-22-25-20(13-28-22)17-7-9-18(10-8-17)23-15(2)26;/h3-10,12-13H,11H2,1-2H3,(H,23,26);1H. The first-order chi connectivity index (χ1) is 13.6. The Morgan fingerprint density at radius 3 is 1.83 bits per heavy atom. The Balaban J connectivity index is 0.00000240. The molecular formula is C22H20ClN3OS2. The van der Waals surface area contributed by atoms with Crippen molar-refractivity contribution in [2.24, 2.45) is 0 Å². The van der Waals surface area contributed by atoms with Crippen molar-refractivity contribution < 1.29 is 4.79 Å². The van der Waals surface area contributed by atoms with Crippen LogP contribution in [-0.4, -0.2) is 15.9 Å². The van der Waals surface area contributed by atoms with Crippen molar-refractivity contribution in [3.63, 3.8) is 0 Å². The third-order valence-corrected chi connectivity index (χ3v) is 5.95. The van der Waals surface area contributed by atoms with Gasteiger partial charge in [-0.25, -0.2) is 9.97 Å². The normalized spacial score (nSPS) is 10.4. The Labute approximate surface area is 184 Å². The van der Waals surface area contributed by atoms with E-state index in [9.17, 15) is 4.79 Å². The lowest BCUT2D eigenvalue weighted by atomic mass is 10.1. The first kappa shape index (κ1) is 21.2. The maximum absolute atomic E-state index is 11.1. The molecule has 0 aliphatic rings. The summed E-state index contributed by atoms with van der Waals surface area (Å²) in [7, 11) is 0. The van der Waals surface area contributed by atoms with E-state index >= 15 is 0 Å². The summed E-state index contributed by atoms with van der Waals surface area (Å²) < 4.78 is 0. The molecule has 0 saturated heterocycles. The highest BCUT2D eigenvalue weighted by atomic mass is 35.5. The number of carbonyl (C=O) groups excluding carboxylic acids is 1. The van der Waals surface area contributed by atoms with Gasteiger partial charge in [-0.1, -0.05) is 42.0 Å². The van der Waals surface area contributed by atoms with Crippen molar-refractivity contribution in [2.75, 3.05) is 5.32 Å². The average Bonchev–Trinajstić information content (AvgIpc) is 3.33. The van der Waals surface area contributed by atoms with Crippen LogP contribution in [0.3, 0.4) is 0 Å². The molecule has 0 unspecified atom stereocenters. The predicted octanol–water partition coefficient (Wildman–Crippen LogP) is 6.21. The van der Waals surface area contributed by atoms with Gasteiger partial charge in [0.15, 0.2) is 0 Å². The van der Waals surface area contributed by atoms with Gasteiger partial charge in [-0.3, -0.25) is 4.79 Å². The van der Waals surface area contributed by atoms with Crippen LogP contribution in [0.2, 0.25) is 0 Å². The second-order valence-electron chi connectivity index (χ2n) is 6.55. The molecule has 7 heteroatoms. The molecule has 0 atom stereocenters. The molecule has 29 heavy (non-hydrogen) atoms. The van der Waals surface area contributed by atoms with Gasteiger partial charge in [-0.2, -0.15) is 0 Å². The van der Waals surface area contributed by atoms with E-state index in [4.69, 9.17) is 9.97 Å². The zero-order chi connectivity index (χ0) is 19.5. The minimum atomic E-state index is -0.0721. The minimum Gasteiger partial charge on any atom is -0.326 e. The molecule has 2 aromatic carbocycles. The molecule has 4 nitrogen and oxygen atoms in total. The van der Waals surface area contributed by atoms with E-state index in [0.717, 1.165) is 44.6 Å². The van der Waals surface area contributed by atoms with E-state index in [1.807, 2.05) is 24.3 Å². The van der Waals surface area contributed by atoms with E-state index in [0.29, 0.717) is 0 Å². The molecule has 0 radical (unpaired) electrons. The van der Waals surface area contributed by atoms with Crippen LogP contribution in [0.5, 0.6) is 0 Å². The Kier molecular flexibility index (Phi) is 6.79. The highest BCUT2D eigenvalue weighted by Gasteiger charge is 2.10. The Morgan fingerprint density at radius 1 is 0.862 bits per heavy atom. The van der Waals surface area contributed by atoms with Gasteiger partial charge in [0.05, 0.1) is 17.8 Å². The summed E-state index contributed by atoms with van der Waals surface area (Å²) in [5, 5.41) is 9.06. The van der Waals surface area contributed by atoms with Crippen molar-refractivity contribution >= 4 is 46.7 Å². The van der Waals surface area contributed by atoms with Gasteiger partial charge >= 0.3 is 0 Å². The Hall–Kier alpha value is -2.54. The number of hydrogen-bond donors (Lipinski definition) is 1. The largest absolute Gasteiger partial charge is 0.326 e. The maximum atomic E-state index is 11.1. The smallest absolute Gasteiger partial charge is 0.221 e. The highest BCUT2D eigenvalue weighted by Crippen LogP contribution is 2.27. The quantitative estimate of drug-likeness (QED) is 0.400. The van der Waals surface area contributed by atoms with Crippen LogP contribution in [0.15, 0.2) is 59.3 Å². The van der Waals surface area contributed by atoms with Gasteiger partial charge in [0.25, 0.3) is 0 Å². The molecule has 148 valence electrons. The second-order valence-corrected chi connectivity index (χ2v) is 8.44. The fraction of sp³-hybridized carbons (Fsp3) is 0.136. The number of aromatic nitrogens is 2. The highest BCUT2D eigenvalue weighted by molar-refractivity contribution is 7.11. The van der Waals surface area contributed by atoms with E-state index in [1.54, 1.807) is 22.7 Å². The van der Waals surface area contributed by atoms with Crippen molar-refractivity contribution in [1.29, 1.82) is 0 Å². The van der Waals surface area contributed by atoms with Crippen molar-refractivity contribution in [3.05, 3.63) is 74.9 Å². The molecule has 1 N–H and O–H groups in total. The lowest BCUT2D eigenvalue weighted by Crippen LogP contribution is -2.05. The molecule has 0 spiro atoms. The second kappa shape index (κ2) is 9.31. The molecule has 1 amide bonds. The number of thiazole rings is 2. The zero-order valence-corrected chi connectivity index (χ0v) is 18.5. The van der Waals surface area contributed by atoms with Crippen LogP contribution in [0, 0.1) is 6.92 Å². The summed E-state index contributed by atoms with van der Waals surface area (Å²) in [6, 6.07) is 16.2. The molecule has 4 aromatic rings. The molecule has 2 aromatic heterocycles. The molecule has 0 saturated carbocycles. The van der Waals surface area contributed by atoms with Gasteiger partial charge in [0, 0.05) is 34.5 Å². The van der Waals surface area contributed by atoms with Gasteiger partial charge in [0.2, 0.25) is 5.91 Å². The molecule has 0 fully saturated rings. The van der Waals surface area contributed by atoms with Gasteiger partial charge in [0.1, 0.15) is 10.0 Å². The van der Waals surface area contributed by atoms with E-state index in [1.165, 1.54) is 12.5 Å². The molecule has 0 bridgehead atoms. The van der Waals surface area contributed by atoms with Crippen molar-refractivity contribution in [2.45, 2.75) is 20.3 Å². The van der Waals surface area contributed by atoms with Crippen LogP contribution in [0.25, 0.3) is 22.5 Å². The van der Waals surface area contributed by atoms with Gasteiger partial charge in [-0.15, -0.1) is 35.1 Å². The SMILES string of the molecule is CC(=O)Nc1ccc(-c2csc(Cc3nc(-c4ccc(C)cc4)cs3)n2)cc1.Cl. The van der Waals surface area contributed by atoms with Gasteiger partial charge < -0.3 is 5.32 Å². The number of rotatable bonds is 5. The number of benzene rings is 2. The van der Waals surface area contributed by atoms with Crippen LogP contribution >= 0.6 is 35.1 Å². The first-order valence-electron chi connectivity index (χ1n) is 8.91. The number of halogens is 1. The van der Waals surface area contributed by atoms with Crippen LogP contribution in [0.4, 0.5) is 5.69 Å².